The summed E-state index contributed by atoms with van der Waals surface area (Å²) in [5, 5.41) is 7.47. The van der Waals surface area contributed by atoms with E-state index in [1.54, 1.807) is 24.3 Å². The molecule has 1 amide bonds. The summed E-state index contributed by atoms with van der Waals surface area (Å²) in [5.74, 6) is 0.0358. The molecule has 2 aromatic rings. The maximum absolute atomic E-state index is 12.0. The molecule has 156 valence electrons. The number of carbonyl (C=O) groups excluding carboxylic acids is 2. The molecule has 0 saturated carbocycles. The van der Waals surface area contributed by atoms with Crippen molar-refractivity contribution in [3.63, 3.8) is 0 Å². The molecule has 0 fully saturated rings. The van der Waals surface area contributed by atoms with Crippen molar-refractivity contribution in [2.24, 2.45) is 5.14 Å². The van der Waals surface area contributed by atoms with E-state index < -0.39 is 21.9 Å². The first-order valence-corrected chi connectivity index (χ1v) is 10.3. The van der Waals surface area contributed by atoms with Crippen molar-refractivity contribution in [1.29, 1.82) is 0 Å². The first-order chi connectivity index (χ1) is 13.8. The van der Waals surface area contributed by atoms with Crippen LogP contribution >= 0.6 is 0 Å². The first-order valence-electron chi connectivity index (χ1n) is 8.72. The third-order valence-electron chi connectivity index (χ3n) is 3.59. The average molecular weight is 422 g/mol. The Morgan fingerprint density at radius 3 is 2.10 bits per heavy atom. The lowest BCUT2D eigenvalue weighted by Crippen LogP contribution is -2.31. The van der Waals surface area contributed by atoms with Gasteiger partial charge in [-0.3, -0.25) is 9.59 Å². The summed E-state index contributed by atoms with van der Waals surface area (Å²) in [5.41, 5.74) is 0.396. The van der Waals surface area contributed by atoms with Gasteiger partial charge in [0.25, 0.3) is 5.91 Å². The zero-order valence-electron chi connectivity index (χ0n) is 15.8. The number of nitrogens with one attached hydrogen (secondary N) is 1. The zero-order chi connectivity index (χ0) is 21.3. The highest BCUT2D eigenvalue weighted by Gasteiger charge is 2.10. The molecule has 0 radical (unpaired) electrons. The standard InChI is InChI=1S/C19H22N2O7S/c1-2-26-15-5-3-14(4-6-15)19(23)21-13-18(22)28-12-11-27-16-7-9-17(10-8-16)29(20,24)25/h3-10H,2,11-13H2,1H3,(H,21,23)(H2,20,24,25). The molecule has 0 aliphatic heterocycles. The predicted molar refractivity (Wildman–Crippen MR) is 104 cm³/mol. The summed E-state index contributed by atoms with van der Waals surface area (Å²) >= 11 is 0. The second kappa shape index (κ2) is 10.4. The van der Waals surface area contributed by atoms with Crippen LogP contribution in [0.5, 0.6) is 11.5 Å². The van der Waals surface area contributed by atoms with Gasteiger partial charge in [0.1, 0.15) is 31.3 Å². The van der Waals surface area contributed by atoms with Crippen molar-refractivity contribution in [1.82, 2.24) is 5.32 Å². The molecule has 0 aliphatic carbocycles. The second-order valence-electron chi connectivity index (χ2n) is 5.73. The molecule has 2 aromatic carbocycles. The van der Waals surface area contributed by atoms with Crippen LogP contribution in [0.25, 0.3) is 0 Å². The fourth-order valence-corrected chi connectivity index (χ4v) is 2.73. The van der Waals surface area contributed by atoms with E-state index >= 15 is 0 Å². The average Bonchev–Trinajstić information content (AvgIpc) is 2.70. The van der Waals surface area contributed by atoms with Gasteiger partial charge in [-0.25, -0.2) is 13.6 Å². The number of nitrogens with two attached hydrogens (primary N) is 1. The van der Waals surface area contributed by atoms with Crippen molar-refractivity contribution >= 4 is 21.9 Å². The molecular formula is C19H22N2O7S. The summed E-state index contributed by atoms with van der Waals surface area (Å²) in [6.45, 7) is 2.14. The van der Waals surface area contributed by atoms with Crippen LogP contribution in [0, 0.1) is 0 Å². The van der Waals surface area contributed by atoms with Gasteiger partial charge in [0.15, 0.2) is 0 Å². The Labute approximate surface area is 168 Å². The van der Waals surface area contributed by atoms with Gasteiger partial charge in [-0.1, -0.05) is 0 Å². The van der Waals surface area contributed by atoms with Crippen molar-refractivity contribution in [2.45, 2.75) is 11.8 Å². The van der Waals surface area contributed by atoms with Gasteiger partial charge < -0.3 is 19.5 Å². The van der Waals surface area contributed by atoms with Gasteiger partial charge >= 0.3 is 5.97 Å². The molecule has 0 spiro atoms. The highest BCUT2D eigenvalue weighted by Crippen LogP contribution is 2.14. The van der Waals surface area contributed by atoms with Gasteiger partial charge in [-0.15, -0.1) is 0 Å². The van der Waals surface area contributed by atoms with Crippen molar-refractivity contribution < 1.29 is 32.2 Å². The highest BCUT2D eigenvalue weighted by molar-refractivity contribution is 7.89. The van der Waals surface area contributed by atoms with E-state index in [4.69, 9.17) is 19.3 Å². The van der Waals surface area contributed by atoms with Crippen molar-refractivity contribution in [3.05, 3.63) is 54.1 Å². The number of hydrogen-bond acceptors (Lipinski definition) is 7. The lowest BCUT2D eigenvalue weighted by molar-refractivity contribution is -0.143. The van der Waals surface area contributed by atoms with Gasteiger partial charge in [-0.05, 0) is 55.5 Å². The van der Waals surface area contributed by atoms with Crippen LogP contribution in [-0.2, 0) is 19.6 Å². The third-order valence-corrected chi connectivity index (χ3v) is 4.52. The van der Waals surface area contributed by atoms with E-state index in [2.05, 4.69) is 5.32 Å². The van der Waals surface area contributed by atoms with Gasteiger partial charge in [0.2, 0.25) is 10.0 Å². The molecule has 0 saturated heterocycles. The Morgan fingerprint density at radius 1 is 0.931 bits per heavy atom. The summed E-state index contributed by atoms with van der Waals surface area (Å²) < 4.78 is 37.9. The molecule has 0 heterocycles. The summed E-state index contributed by atoms with van der Waals surface area (Å²) in [4.78, 5) is 23.7. The van der Waals surface area contributed by atoms with E-state index in [0.29, 0.717) is 23.7 Å². The summed E-state index contributed by atoms with van der Waals surface area (Å²) in [6.07, 6.45) is 0. The second-order valence-corrected chi connectivity index (χ2v) is 7.29. The number of carbonyl (C=O) groups is 2. The topological polar surface area (TPSA) is 134 Å². The number of esters is 1. The lowest BCUT2D eigenvalue weighted by Gasteiger charge is -2.09. The molecule has 0 bridgehead atoms. The van der Waals surface area contributed by atoms with Crippen LogP contribution in [0.15, 0.2) is 53.4 Å². The molecule has 3 N–H and O–H groups in total. The molecule has 0 aromatic heterocycles. The molecule has 29 heavy (non-hydrogen) atoms. The van der Waals surface area contributed by atoms with Gasteiger partial charge in [-0.2, -0.15) is 0 Å². The van der Waals surface area contributed by atoms with Crippen LogP contribution in [0.4, 0.5) is 0 Å². The van der Waals surface area contributed by atoms with Crippen LogP contribution in [0.1, 0.15) is 17.3 Å². The SMILES string of the molecule is CCOc1ccc(C(=O)NCC(=O)OCCOc2ccc(S(N)(=O)=O)cc2)cc1. The molecule has 9 nitrogen and oxygen atoms in total. The Bertz CT molecular complexity index is 926. The third kappa shape index (κ3) is 7.43. The van der Waals surface area contributed by atoms with Crippen LogP contribution in [-0.4, -0.2) is 46.7 Å². The van der Waals surface area contributed by atoms with Crippen molar-refractivity contribution in [3.8, 4) is 11.5 Å². The van der Waals surface area contributed by atoms with E-state index in [1.807, 2.05) is 6.92 Å². The predicted octanol–water partition coefficient (Wildman–Crippen LogP) is 1.08. The number of primary sulfonamides is 1. The fourth-order valence-electron chi connectivity index (χ4n) is 2.22. The number of hydrogen-bond donors (Lipinski definition) is 2. The molecule has 0 unspecified atom stereocenters. The Kier molecular flexibility index (Phi) is 7.98. The first kappa shape index (κ1) is 22.2. The maximum atomic E-state index is 12.0. The minimum absolute atomic E-state index is 0.0282. The molecule has 10 heteroatoms. The van der Waals surface area contributed by atoms with E-state index in [0.717, 1.165) is 0 Å². The number of benzene rings is 2. The largest absolute Gasteiger partial charge is 0.494 e. The lowest BCUT2D eigenvalue weighted by atomic mass is 10.2. The van der Waals surface area contributed by atoms with Crippen LogP contribution in [0.3, 0.4) is 0 Å². The molecule has 0 atom stereocenters. The quantitative estimate of drug-likeness (QED) is 0.432. The number of rotatable bonds is 10. The number of amides is 1. The Morgan fingerprint density at radius 2 is 1.52 bits per heavy atom. The van der Waals surface area contributed by atoms with E-state index in [9.17, 15) is 18.0 Å². The Hall–Kier alpha value is -3.11. The van der Waals surface area contributed by atoms with Crippen molar-refractivity contribution in [2.75, 3.05) is 26.4 Å². The van der Waals surface area contributed by atoms with Crippen LogP contribution in [0.2, 0.25) is 0 Å². The van der Waals surface area contributed by atoms with Crippen LogP contribution < -0.4 is 19.9 Å². The zero-order valence-corrected chi connectivity index (χ0v) is 16.6. The molecule has 0 aliphatic rings. The number of ether oxygens (including phenoxy) is 3. The van der Waals surface area contributed by atoms with Gasteiger partial charge in [0, 0.05) is 5.56 Å². The molecule has 2 rings (SSSR count). The van der Waals surface area contributed by atoms with E-state index in [-0.39, 0.29) is 24.7 Å². The monoisotopic (exact) mass is 422 g/mol. The highest BCUT2D eigenvalue weighted by atomic mass is 32.2. The number of sulfonamides is 1. The summed E-state index contributed by atoms with van der Waals surface area (Å²) in [7, 11) is -3.76. The summed E-state index contributed by atoms with van der Waals surface area (Å²) in [6, 6.07) is 12.0. The maximum Gasteiger partial charge on any atom is 0.325 e. The smallest absolute Gasteiger partial charge is 0.325 e. The van der Waals surface area contributed by atoms with Gasteiger partial charge in [0.05, 0.1) is 11.5 Å². The van der Waals surface area contributed by atoms with E-state index in [1.165, 1.54) is 24.3 Å². The minimum Gasteiger partial charge on any atom is -0.494 e. The Balaban J connectivity index is 1.67. The normalized spacial score (nSPS) is 10.8. The minimum atomic E-state index is -3.76. The molecular weight excluding hydrogens is 400 g/mol. The fraction of sp³-hybridized carbons (Fsp3) is 0.263.